The van der Waals surface area contributed by atoms with Gasteiger partial charge < -0.3 is 5.32 Å². The Morgan fingerprint density at radius 2 is 2.00 bits per heavy atom. The zero-order valence-corrected chi connectivity index (χ0v) is 10.4. The van der Waals surface area contributed by atoms with E-state index in [0.717, 1.165) is 5.01 Å². The molecule has 3 rings (SSSR count). The van der Waals surface area contributed by atoms with E-state index < -0.39 is 11.6 Å². The van der Waals surface area contributed by atoms with Crippen molar-refractivity contribution < 1.29 is 8.78 Å². The molecule has 0 spiro atoms. The van der Waals surface area contributed by atoms with E-state index in [1.165, 1.54) is 42.4 Å². The van der Waals surface area contributed by atoms with Gasteiger partial charge in [0.2, 0.25) is 0 Å². The van der Waals surface area contributed by atoms with Crippen LogP contribution in [0.1, 0.15) is 17.8 Å². The number of aromatic nitrogens is 1. The van der Waals surface area contributed by atoms with Gasteiger partial charge in [0.05, 0.1) is 11.3 Å². The van der Waals surface area contributed by atoms with E-state index in [2.05, 4.69) is 10.3 Å². The number of nitrogens with one attached hydrogen (secondary N) is 1. The van der Waals surface area contributed by atoms with Crippen molar-refractivity contribution in [3.63, 3.8) is 0 Å². The summed E-state index contributed by atoms with van der Waals surface area (Å²) in [7, 11) is 0. The maximum atomic E-state index is 13.6. The van der Waals surface area contributed by atoms with Crippen LogP contribution in [0.3, 0.4) is 0 Å². The normalized spacial score (nSPS) is 15.0. The monoisotopic (exact) mass is 266 g/mol. The Balaban J connectivity index is 1.83. The van der Waals surface area contributed by atoms with E-state index in [-0.39, 0.29) is 5.56 Å². The molecule has 0 bridgehead atoms. The molecular formula is C13H12F2N2S. The van der Waals surface area contributed by atoms with Gasteiger partial charge in [0.25, 0.3) is 0 Å². The molecule has 2 aromatic rings. The standard InChI is InChI=1S/C13H12F2N2S/c14-9-2-1-3-10(15)13(9)11-7-18-12(17-11)6-16-8-4-5-8/h1-3,7-8,16H,4-6H2. The first kappa shape index (κ1) is 11.7. The smallest absolute Gasteiger partial charge is 0.135 e. The quantitative estimate of drug-likeness (QED) is 0.918. The van der Waals surface area contributed by atoms with Crippen LogP contribution in [0, 0.1) is 11.6 Å². The molecule has 0 aliphatic heterocycles. The largest absolute Gasteiger partial charge is 0.308 e. The lowest BCUT2D eigenvalue weighted by atomic mass is 10.1. The third kappa shape index (κ3) is 2.42. The molecule has 0 amide bonds. The van der Waals surface area contributed by atoms with Gasteiger partial charge in [0.1, 0.15) is 16.6 Å². The first-order valence-corrected chi connectivity index (χ1v) is 6.74. The molecule has 0 unspecified atom stereocenters. The van der Waals surface area contributed by atoms with Crippen molar-refractivity contribution >= 4 is 11.3 Å². The molecule has 1 aromatic heterocycles. The SMILES string of the molecule is Fc1cccc(F)c1-c1csc(CNC2CC2)n1. The number of hydrogen-bond donors (Lipinski definition) is 1. The second-order valence-electron chi connectivity index (χ2n) is 4.38. The summed E-state index contributed by atoms with van der Waals surface area (Å²) in [6.07, 6.45) is 2.42. The molecule has 1 aromatic carbocycles. The second-order valence-corrected chi connectivity index (χ2v) is 5.32. The Kier molecular flexibility index (Phi) is 3.09. The third-order valence-corrected chi connectivity index (χ3v) is 3.74. The fourth-order valence-corrected chi connectivity index (χ4v) is 2.50. The fraction of sp³-hybridized carbons (Fsp3) is 0.308. The number of thiazole rings is 1. The van der Waals surface area contributed by atoms with Gasteiger partial charge in [-0.25, -0.2) is 13.8 Å². The number of benzene rings is 1. The van der Waals surface area contributed by atoms with Crippen LogP contribution in [0.5, 0.6) is 0 Å². The highest BCUT2D eigenvalue weighted by Crippen LogP contribution is 2.27. The van der Waals surface area contributed by atoms with Crippen LogP contribution < -0.4 is 5.32 Å². The molecule has 1 fully saturated rings. The van der Waals surface area contributed by atoms with Crippen LogP contribution >= 0.6 is 11.3 Å². The number of rotatable bonds is 4. The Bertz CT molecular complexity index is 544. The van der Waals surface area contributed by atoms with Gasteiger partial charge in [-0.2, -0.15) is 0 Å². The first-order valence-electron chi connectivity index (χ1n) is 5.86. The van der Waals surface area contributed by atoms with E-state index in [9.17, 15) is 8.78 Å². The Hall–Kier alpha value is -1.33. The van der Waals surface area contributed by atoms with E-state index in [1.54, 1.807) is 5.38 Å². The summed E-state index contributed by atoms with van der Waals surface area (Å²) in [6, 6.07) is 4.46. The summed E-state index contributed by atoms with van der Waals surface area (Å²) < 4.78 is 27.2. The van der Waals surface area contributed by atoms with Crippen LogP contribution in [-0.2, 0) is 6.54 Å². The highest BCUT2D eigenvalue weighted by atomic mass is 32.1. The van der Waals surface area contributed by atoms with Gasteiger partial charge in [-0.15, -0.1) is 11.3 Å². The van der Waals surface area contributed by atoms with E-state index >= 15 is 0 Å². The molecular weight excluding hydrogens is 254 g/mol. The molecule has 18 heavy (non-hydrogen) atoms. The van der Waals surface area contributed by atoms with Crippen molar-refractivity contribution in [1.82, 2.24) is 10.3 Å². The lowest BCUT2D eigenvalue weighted by molar-refractivity contribution is 0.588. The Labute approximate surface area is 108 Å². The van der Waals surface area contributed by atoms with Gasteiger partial charge in [-0.3, -0.25) is 0 Å². The average molecular weight is 266 g/mol. The Morgan fingerprint density at radius 3 is 2.67 bits per heavy atom. The number of nitrogens with zero attached hydrogens (tertiary/aromatic N) is 1. The zero-order valence-electron chi connectivity index (χ0n) is 9.62. The summed E-state index contributed by atoms with van der Waals surface area (Å²) >= 11 is 1.42. The molecule has 0 radical (unpaired) electrons. The first-order chi connectivity index (χ1) is 8.74. The molecule has 1 N–H and O–H groups in total. The third-order valence-electron chi connectivity index (χ3n) is 2.89. The minimum Gasteiger partial charge on any atom is -0.308 e. The van der Waals surface area contributed by atoms with Crippen molar-refractivity contribution in [1.29, 1.82) is 0 Å². The van der Waals surface area contributed by atoms with Gasteiger partial charge in [0, 0.05) is 18.0 Å². The predicted molar refractivity (Wildman–Crippen MR) is 67.3 cm³/mol. The number of halogens is 2. The zero-order chi connectivity index (χ0) is 12.5. The molecule has 1 aliphatic carbocycles. The van der Waals surface area contributed by atoms with Gasteiger partial charge in [-0.1, -0.05) is 6.07 Å². The van der Waals surface area contributed by atoms with E-state index in [0.29, 0.717) is 18.3 Å². The van der Waals surface area contributed by atoms with Crippen molar-refractivity contribution in [3.8, 4) is 11.3 Å². The highest BCUT2D eigenvalue weighted by Gasteiger charge is 2.21. The molecule has 94 valence electrons. The van der Waals surface area contributed by atoms with Crippen molar-refractivity contribution in [2.75, 3.05) is 0 Å². The molecule has 2 nitrogen and oxygen atoms in total. The second kappa shape index (κ2) is 4.74. The van der Waals surface area contributed by atoms with Gasteiger partial charge in [0.15, 0.2) is 0 Å². The Morgan fingerprint density at radius 1 is 1.28 bits per heavy atom. The summed E-state index contributed by atoms with van der Waals surface area (Å²) in [5, 5.41) is 5.89. The van der Waals surface area contributed by atoms with Crippen molar-refractivity contribution in [2.24, 2.45) is 0 Å². The maximum absolute atomic E-state index is 13.6. The maximum Gasteiger partial charge on any atom is 0.135 e. The van der Waals surface area contributed by atoms with Crippen LogP contribution in [0.2, 0.25) is 0 Å². The molecule has 0 atom stereocenters. The molecule has 1 aliphatic rings. The molecule has 0 saturated heterocycles. The lowest BCUT2D eigenvalue weighted by Crippen LogP contribution is -2.14. The van der Waals surface area contributed by atoms with Crippen LogP contribution in [0.25, 0.3) is 11.3 Å². The van der Waals surface area contributed by atoms with Crippen LogP contribution in [0.4, 0.5) is 8.78 Å². The summed E-state index contributed by atoms with van der Waals surface area (Å²) in [4.78, 5) is 4.28. The van der Waals surface area contributed by atoms with E-state index in [1.807, 2.05) is 0 Å². The van der Waals surface area contributed by atoms with Gasteiger partial charge >= 0.3 is 0 Å². The summed E-state index contributed by atoms with van der Waals surface area (Å²) in [6.45, 7) is 0.672. The minimum atomic E-state index is -0.568. The van der Waals surface area contributed by atoms with Crippen LogP contribution in [0.15, 0.2) is 23.6 Å². The van der Waals surface area contributed by atoms with Gasteiger partial charge in [-0.05, 0) is 25.0 Å². The summed E-state index contributed by atoms with van der Waals surface area (Å²) in [5.74, 6) is -1.14. The molecule has 1 saturated carbocycles. The predicted octanol–water partition coefficient (Wildman–Crippen LogP) is 3.34. The average Bonchev–Trinajstić information content (AvgIpc) is 3.06. The minimum absolute atomic E-state index is 0.0357. The molecule has 1 heterocycles. The topological polar surface area (TPSA) is 24.9 Å². The fourth-order valence-electron chi connectivity index (χ4n) is 1.77. The number of hydrogen-bond acceptors (Lipinski definition) is 3. The highest BCUT2D eigenvalue weighted by molar-refractivity contribution is 7.09. The van der Waals surface area contributed by atoms with E-state index in [4.69, 9.17) is 0 Å². The van der Waals surface area contributed by atoms with Crippen molar-refractivity contribution in [2.45, 2.75) is 25.4 Å². The lowest BCUT2D eigenvalue weighted by Gasteiger charge is -2.01. The van der Waals surface area contributed by atoms with Crippen LogP contribution in [-0.4, -0.2) is 11.0 Å². The molecule has 5 heteroatoms. The summed E-state index contributed by atoms with van der Waals surface area (Å²) in [5.41, 5.74) is 0.342. The van der Waals surface area contributed by atoms with Crippen molar-refractivity contribution in [3.05, 3.63) is 40.2 Å².